The van der Waals surface area contributed by atoms with Crippen LogP contribution < -0.4 is 34.4 Å². The lowest BCUT2D eigenvalue weighted by Gasteiger charge is -2.47. The highest BCUT2D eigenvalue weighted by Crippen LogP contribution is 2.34. The SMILES string of the molecule is NC[C@H]1O[C@H](O[C@H]2[C@@H](O)[C@@H](O[C@@H]3[C@@H](O)[C@H](N)C[C@H](N)[C@H]3O[C@H]3O[C@H](CN)[C@@H](O)[C@H](O)[C@H]3N)O[C@@H]2CO)[C@@H](N)[C@H](O)[C@H]1O. The van der Waals surface area contributed by atoms with Crippen LogP contribution in [0.1, 0.15) is 6.42 Å². The molecule has 0 bridgehead atoms. The van der Waals surface area contributed by atoms with Crippen molar-refractivity contribution < 1.29 is 64.2 Å². The van der Waals surface area contributed by atoms with E-state index < -0.39 is 123 Å². The third-order valence-electron chi connectivity index (χ3n) is 8.37. The number of aliphatic hydroxyl groups is 7. The van der Waals surface area contributed by atoms with Gasteiger partial charge in [-0.25, -0.2) is 0 Å². The molecule has 0 radical (unpaired) electrons. The molecule has 19 atom stereocenters. The van der Waals surface area contributed by atoms with E-state index in [0.29, 0.717) is 0 Å². The first-order valence-corrected chi connectivity index (χ1v) is 13.9. The summed E-state index contributed by atoms with van der Waals surface area (Å²) < 4.78 is 34.6. The number of ether oxygens (including phenoxy) is 6. The standard InChI is InChI=1S/C23H46N6O13/c24-2-7-13(32)15(34)10(28)21(37-7)40-18-6(27)1-5(26)12(31)20(18)42-23-17(36)19(9(4-30)39-23)41-22-11(29)16(35)14(33)8(3-25)38-22/h5-23,30-36H,1-4,24-29H2/t5-,6+,7-,8-,9-,10-,11+,12+,13-,14+,15-,16+,17-,18-,19-,20-,21-,22-,23-/m1/s1. The van der Waals surface area contributed by atoms with Crippen LogP contribution in [0.4, 0.5) is 0 Å². The molecule has 3 aliphatic heterocycles. The number of rotatable bonds is 9. The van der Waals surface area contributed by atoms with Gasteiger partial charge in [0.25, 0.3) is 0 Å². The minimum absolute atomic E-state index is 0.0889. The van der Waals surface area contributed by atoms with Crippen LogP contribution in [0.5, 0.6) is 0 Å². The van der Waals surface area contributed by atoms with Crippen molar-refractivity contribution in [2.75, 3.05) is 19.7 Å². The molecule has 4 aliphatic rings. The van der Waals surface area contributed by atoms with Crippen molar-refractivity contribution in [3.63, 3.8) is 0 Å². The first-order valence-electron chi connectivity index (χ1n) is 13.9. The van der Waals surface area contributed by atoms with Gasteiger partial charge in [0.15, 0.2) is 18.9 Å². The highest BCUT2D eigenvalue weighted by Gasteiger charge is 2.54. The summed E-state index contributed by atoms with van der Waals surface area (Å²) in [4.78, 5) is 0. The van der Waals surface area contributed by atoms with Gasteiger partial charge >= 0.3 is 0 Å². The fourth-order valence-electron chi connectivity index (χ4n) is 5.74. The van der Waals surface area contributed by atoms with Crippen molar-refractivity contribution in [2.45, 2.75) is 123 Å². The molecular weight excluding hydrogens is 568 g/mol. The van der Waals surface area contributed by atoms with Gasteiger partial charge < -0.3 is 98.6 Å². The van der Waals surface area contributed by atoms with Crippen LogP contribution in [0, 0.1) is 0 Å². The van der Waals surface area contributed by atoms with Gasteiger partial charge in [0.05, 0.1) is 24.8 Å². The van der Waals surface area contributed by atoms with Crippen molar-refractivity contribution in [2.24, 2.45) is 34.4 Å². The van der Waals surface area contributed by atoms with Crippen LogP contribution in [0.2, 0.25) is 0 Å². The van der Waals surface area contributed by atoms with E-state index in [1.807, 2.05) is 0 Å². The zero-order chi connectivity index (χ0) is 31.0. The Labute approximate surface area is 241 Å². The van der Waals surface area contributed by atoms with E-state index >= 15 is 0 Å². The minimum Gasteiger partial charge on any atom is -0.394 e. The molecule has 0 aromatic rings. The van der Waals surface area contributed by atoms with Gasteiger partial charge in [-0.3, -0.25) is 0 Å². The van der Waals surface area contributed by atoms with Crippen LogP contribution in [0.25, 0.3) is 0 Å². The fourth-order valence-corrected chi connectivity index (χ4v) is 5.74. The molecule has 42 heavy (non-hydrogen) atoms. The predicted octanol–water partition coefficient (Wildman–Crippen LogP) is -8.90. The van der Waals surface area contributed by atoms with E-state index in [4.69, 9.17) is 62.8 Å². The Hall–Kier alpha value is -0.760. The van der Waals surface area contributed by atoms with Gasteiger partial charge in [-0.2, -0.15) is 0 Å². The molecule has 0 amide bonds. The predicted molar refractivity (Wildman–Crippen MR) is 138 cm³/mol. The van der Waals surface area contributed by atoms with E-state index in [1.54, 1.807) is 0 Å². The molecule has 3 saturated heterocycles. The summed E-state index contributed by atoms with van der Waals surface area (Å²) in [6, 6.07) is -4.18. The summed E-state index contributed by atoms with van der Waals surface area (Å²) in [6.45, 7) is -0.967. The maximum Gasteiger partial charge on any atom is 0.187 e. The van der Waals surface area contributed by atoms with Gasteiger partial charge in [0, 0.05) is 25.2 Å². The number of aliphatic hydroxyl groups excluding tert-OH is 7. The Balaban J connectivity index is 1.50. The summed E-state index contributed by atoms with van der Waals surface area (Å²) in [5, 5.41) is 73.0. The lowest BCUT2D eigenvalue weighted by atomic mass is 9.84. The number of nitrogens with two attached hydrogens (primary N) is 6. The van der Waals surface area contributed by atoms with Gasteiger partial charge in [0.1, 0.15) is 67.1 Å². The second-order valence-corrected chi connectivity index (χ2v) is 11.2. The Kier molecular flexibility index (Phi) is 11.5. The van der Waals surface area contributed by atoms with Gasteiger partial charge in [-0.1, -0.05) is 0 Å². The molecule has 19 N–H and O–H groups in total. The maximum absolute atomic E-state index is 11.1. The van der Waals surface area contributed by atoms with Crippen molar-refractivity contribution in [1.29, 1.82) is 0 Å². The van der Waals surface area contributed by atoms with E-state index in [1.165, 1.54) is 0 Å². The fraction of sp³-hybridized carbons (Fsp3) is 1.00. The quantitative estimate of drug-likeness (QED) is 0.115. The number of hydrogen-bond donors (Lipinski definition) is 13. The molecule has 19 nitrogen and oxygen atoms in total. The lowest BCUT2D eigenvalue weighted by Crippen LogP contribution is -2.68. The van der Waals surface area contributed by atoms with Gasteiger partial charge in [0.2, 0.25) is 0 Å². The second-order valence-electron chi connectivity index (χ2n) is 11.2. The van der Waals surface area contributed by atoms with Gasteiger partial charge in [-0.05, 0) is 6.42 Å². The second kappa shape index (κ2) is 14.1. The van der Waals surface area contributed by atoms with Crippen molar-refractivity contribution in [3.05, 3.63) is 0 Å². The van der Waals surface area contributed by atoms with Crippen LogP contribution in [0.3, 0.4) is 0 Å². The van der Waals surface area contributed by atoms with Crippen LogP contribution in [-0.2, 0) is 28.4 Å². The maximum atomic E-state index is 11.1. The van der Waals surface area contributed by atoms with Crippen LogP contribution in [-0.4, -0.2) is 172 Å². The number of hydrogen-bond acceptors (Lipinski definition) is 19. The molecule has 0 unspecified atom stereocenters. The molecule has 0 aromatic heterocycles. The molecule has 4 rings (SSSR count). The molecular formula is C23H46N6O13. The third-order valence-corrected chi connectivity index (χ3v) is 8.37. The van der Waals surface area contributed by atoms with Gasteiger partial charge in [-0.15, -0.1) is 0 Å². The average molecular weight is 615 g/mol. The summed E-state index contributed by atoms with van der Waals surface area (Å²) >= 11 is 0. The van der Waals surface area contributed by atoms with E-state index in [0.717, 1.165) is 0 Å². The molecule has 0 aromatic carbocycles. The Morgan fingerprint density at radius 3 is 1.45 bits per heavy atom. The summed E-state index contributed by atoms with van der Waals surface area (Å²) in [5.41, 5.74) is 35.6. The van der Waals surface area contributed by atoms with Crippen molar-refractivity contribution >= 4 is 0 Å². The van der Waals surface area contributed by atoms with E-state index in [2.05, 4.69) is 0 Å². The first kappa shape index (κ1) is 34.1. The highest BCUT2D eigenvalue weighted by atomic mass is 16.8. The zero-order valence-electron chi connectivity index (χ0n) is 22.8. The summed E-state index contributed by atoms with van der Waals surface area (Å²) in [6.07, 6.45) is -19.8. The average Bonchev–Trinajstić information content (AvgIpc) is 3.27. The molecule has 4 fully saturated rings. The minimum atomic E-state index is -1.60. The summed E-state index contributed by atoms with van der Waals surface area (Å²) in [5.74, 6) is 0. The monoisotopic (exact) mass is 614 g/mol. The zero-order valence-corrected chi connectivity index (χ0v) is 22.8. The topological polar surface area (TPSA) is 353 Å². The lowest BCUT2D eigenvalue weighted by molar-refractivity contribution is -0.306. The molecule has 19 heteroatoms. The smallest absolute Gasteiger partial charge is 0.187 e. The first-order chi connectivity index (χ1) is 19.8. The molecule has 246 valence electrons. The normalized spacial score (nSPS) is 53.8. The van der Waals surface area contributed by atoms with E-state index in [-0.39, 0.29) is 19.5 Å². The largest absolute Gasteiger partial charge is 0.394 e. The Morgan fingerprint density at radius 2 is 0.976 bits per heavy atom. The molecule has 1 aliphatic carbocycles. The Bertz CT molecular complexity index is 868. The summed E-state index contributed by atoms with van der Waals surface area (Å²) in [7, 11) is 0. The third kappa shape index (κ3) is 6.60. The van der Waals surface area contributed by atoms with Crippen LogP contribution in [0.15, 0.2) is 0 Å². The van der Waals surface area contributed by atoms with E-state index in [9.17, 15) is 35.7 Å². The molecule has 0 spiro atoms. The van der Waals surface area contributed by atoms with Crippen LogP contribution >= 0.6 is 0 Å². The molecule has 3 heterocycles. The Morgan fingerprint density at radius 1 is 0.524 bits per heavy atom. The molecule has 1 saturated carbocycles. The van der Waals surface area contributed by atoms with Crippen molar-refractivity contribution in [1.82, 2.24) is 0 Å². The highest BCUT2D eigenvalue weighted by molar-refractivity contribution is 5.02. The van der Waals surface area contributed by atoms with Crippen molar-refractivity contribution in [3.8, 4) is 0 Å².